The molecule has 1 aromatic carbocycles. The van der Waals surface area contributed by atoms with Gasteiger partial charge >= 0.3 is 5.97 Å². The zero-order valence-corrected chi connectivity index (χ0v) is 17.7. The topological polar surface area (TPSA) is 107 Å². The predicted molar refractivity (Wildman–Crippen MR) is 110 cm³/mol. The normalized spacial score (nSPS) is 11.4. The third-order valence-electron chi connectivity index (χ3n) is 3.97. The Bertz CT molecular complexity index is 864. The van der Waals surface area contributed by atoms with Crippen LogP contribution in [0.25, 0.3) is 10.6 Å². The summed E-state index contributed by atoms with van der Waals surface area (Å²) in [5.41, 5.74) is 1.38. The van der Waals surface area contributed by atoms with Gasteiger partial charge in [-0.15, -0.1) is 11.3 Å². The van der Waals surface area contributed by atoms with Crippen molar-refractivity contribution in [2.24, 2.45) is 0 Å². The molecule has 9 heteroatoms. The highest BCUT2D eigenvalue weighted by Crippen LogP contribution is 2.29. The Morgan fingerprint density at radius 3 is 2.52 bits per heavy atom. The Labute approximate surface area is 173 Å². The summed E-state index contributed by atoms with van der Waals surface area (Å²) in [5, 5.41) is 5.85. The van der Waals surface area contributed by atoms with E-state index in [1.54, 1.807) is 21.0 Å². The van der Waals surface area contributed by atoms with Crippen LogP contribution in [0.2, 0.25) is 0 Å². The summed E-state index contributed by atoms with van der Waals surface area (Å²) in [5.74, 6) is -0.729. The molecular formula is C20H25N3O5S. The maximum atomic E-state index is 12.3. The number of hydrogen-bond donors (Lipinski definition) is 2. The molecule has 0 spiro atoms. The van der Waals surface area contributed by atoms with E-state index in [9.17, 15) is 14.4 Å². The van der Waals surface area contributed by atoms with Crippen LogP contribution < -0.4 is 15.4 Å². The monoisotopic (exact) mass is 419 g/mol. The first-order valence-corrected chi connectivity index (χ1v) is 10.0. The largest absolute Gasteiger partial charge is 0.497 e. The molecule has 2 aromatic rings. The predicted octanol–water partition coefficient (Wildman–Crippen LogP) is 2.31. The SMILES string of the molecule is CCCNC(=O)[C@@H](C)NC(=O)COC(=O)c1sc(-c2ccc(OC)cc2)nc1C. The van der Waals surface area contributed by atoms with Crippen LogP contribution in [0.15, 0.2) is 24.3 Å². The molecule has 0 aliphatic carbocycles. The number of carbonyl (C=O) groups is 3. The minimum Gasteiger partial charge on any atom is -0.497 e. The Morgan fingerprint density at radius 2 is 1.90 bits per heavy atom. The van der Waals surface area contributed by atoms with Gasteiger partial charge < -0.3 is 20.1 Å². The number of benzene rings is 1. The van der Waals surface area contributed by atoms with Crippen molar-refractivity contribution in [1.82, 2.24) is 15.6 Å². The van der Waals surface area contributed by atoms with E-state index in [0.717, 1.165) is 17.7 Å². The van der Waals surface area contributed by atoms with E-state index >= 15 is 0 Å². The van der Waals surface area contributed by atoms with Gasteiger partial charge in [0, 0.05) is 12.1 Å². The number of hydrogen-bond acceptors (Lipinski definition) is 7. The summed E-state index contributed by atoms with van der Waals surface area (Å²) in [6, 6.07) is 6.62. The summed E-state index contributed by atoms with van der Waals surface area (Å²) in [6.45, 7) is 5.28. The van der Waals surface area contributed by atoms with Crippen LogP contribution in [0, 0.1) is 6.92 Å². The van der Waals surface area contributed by atoms with E-state index in [1.165, 1.54) is 11.3 Å². The highest BCUT2D eigenvalue weighted by molar-refractivity contribution is 7.17. The van der Waals surface area contributed by atoms with Gasteiger partial charge in [-0.3, -0.25) is 9.59 Å². The van der Waals surface area contributed by atoms with Gasteiger partial charge in [-0.2, -0.15) is 0 Å². The van der Waals surface area contributed by atoms with Gasteiger partial charge in [0.15, 0.2) is 6.61 Å². The number of nitrogens with one attached hydrogen (secondary N) is 2. The molecule has 29 heavy (non-hydrogen) atoms. The molecule has 0 radical (unpaired) electrons. The minimum absolute atomic E-state index is 0.283. The number of aryl methyl sites for hydroxylation is 1. The standard InChI is InChI=1S/C20H25N3O5S/c1-5-10-21-18(25)13(3)22-16(24)11-28-20(26)17-12(2)23-19(29-17)14-6-8-15(27-4)9-7-14/h6-9,13H,5,10-11H2,1-4H3,(H,21,25)(H,22,24)/t13-/m1/s1. The molecule has 0 aliphatic heterocycles. The maximum absolute atomic E-state index is 12.3. The average Bonchev–Trinajstić information content (AvgIpc) is 3.11. The van der Waals surface area contributed by atoms with E-state index in [2.05, 4.69) is 15.6 Å². The van der Waals surface area contributed by atoms with E-state index in [0.29, 0.717) is 22.1 Å². The van der Waals surface area contributed by atoms with Crippen LogP contribution in [0.1, 0.15) is 35.6 Å². The molecule has 2 N–H and O–H groups in total. The lowest BCUT2D eigenvalue weighted by Crippen LogP contribution is -2.46. The number of carbonyl (C=O) groups excluding carboxylic acids is 3. The maximum Gasteiger partial charge on any atom is 0.350 e. The first-order valence-electron chi connectivity index (χ1n) is 9.21. The molecule has 0 saturated heterocycles. The van der Waals surface area contributed by atoms with Gasteiger partial charge in [0.25, 0.3) is 5.91 Å². The Kier molecular flexibility index (Phi) is 8.14. The number of esters is 1. The van der Waals surface area contributed by atoms with Crippen molar-refractivity contribution >= 4 is 29.1 Å². The second-order valence-electron chi connectivity index (χ2n) is 6.32. The summed E-state index contributed by atoms with van der Waals surface area (Å²) >= 11 is 1.19. The highest BCUT2D eigenvalue weighted by Gasteiger charge is 2.20. The van der Waals surface area contributed by atoms with Crippen LogP contribution in [-0.4, -0.2) is 49.1 Å². The van der Waals surface area contributed by atoms with Crippen molar-refractivity contribution in [3.8, 4) is 16.3 Å². The van der Waals surface area contributed by atoms with Gasteiger partial charge in [0.1, 0.15) is 21.7 Å². The lowest BCUT2D eigenvalue weighted by molar-refractivity contribution is -0.130. The first-order chi connectivity index (χ1) is 13.8. The highest BCUT2D eigenvalue weighted by atomic mass is 32.1. The van der Waals surface area contributed by atoms with Crippen molar-refractivity contribution in [2.45, 2.75) is 33.2 Å². The molecule has 1 atom stereocenters. The second-order valence-corrected chi connectivity index (χ2v) is 7.32. The molecule has 1 aromatic heterocycles. The number of ether oxygens (including phenoxy) is 2. The summed E-state index contributed by atoms with van der Waals surface area (Å²) < 4.78 is 10.2. The summed E-state index contributed by atoms with van der Waals surface area (Å²) in [4.78, 5) is 40.8. The summed E-state index contributed by atoms with van der Waals surface area (Å²) in [6.07, 6.45) is 0.802. The minimum atomic E-state index is -0.709. The Morgan fingerprint density at radius 1 is 1.21 bits per heavy atom. The van der Waals surface area contributed by atoms with E-state index in [-0.39, 0.29) is 5.91 Å². The van der Waals surface area contributed by atoms with E-state index < -0.39 is 24.5 Å². The van der Waals surface area contributed by atoms with Crippen molar-refractivity contribution in [1.29, 1.82) is 0 Å². The van der Waals surface area contributed by atoms with Crippen LogP contribution >= 0.6 is 11.3 Å². The quantitative estimate of drug-likeness (QED) is 0.604. The van der Waals surface area contributed by atoms with Gasteiger partial charge in [0.2, 0.25) is 5.91 Å². The Balaban J connectivity index is 1.92. The van der Waals surface area contributed by atoms with E-state index in [1.807, 2.05) is 31.2 Å². The lowest BCUT2D eigenvalue weighted by Gasteiger charge is -2.13. The first kappa shape index (κ1) is 22.4. The number of thiazole rings is 1. The van der Waals surface area contributed by atoms with Crippen molar-refractivity contribution in [3.63, 3.8) is 0 Å². The smallest absolute Gasteiger partial charge is 0.350 e. The molecule has 2 rings (SSSR count). The third-order valence-corrected chi connectivity index (χ3v) is 5.16. The number of nitrogens with zero attached hydrogens (tertiary/aromatic N) is 1. The van der Waals surface area contributed by atoms with Gasteiger partial charge in [-0.25, -0.2) is 9.78 Å². The second kappa shape index (κ2) is 10.6. The number of amides is 2. The van der Waals surface area contributed by atoms with E-state index in [4.69, 9.17) is 9.47 Å². The Hall–Kier alpha value is -2.94. The third kappa shape index (κ3) is 6.28. The van der Waals surface area contributed by atoms with Crippen LogP contribution in [-0.2, 0) is 14.3 Å². The molecular weight excluding hydrogens is 394 g/mol. The molecule has 0 bridgehead atoms. The fourth-order valence-corrected chi connectivity index (χ4v) is 3.35. The van der Waals surface area contributed by atoms with Crippen molar-refractivity contribution in [2.75, 3.05) is 20.3 Å². The zero-order chi connectivity index (χ0) is 21.4. The summed E-state index contributed by atoms with van der Waals surface area (Å²) in [7, 11) is 1.59. The molecule has 2 amide bonds. The average molecular weight is 420 g/mol. The fraction of sp³-hybridized carbons (Fsp3) is 0.400. The lowest BCUT2D eigenvalue weighted by atomic mass is 10.2. The van der Waals surface area contributed by atoms with Crippen molar-refractivity contribution in [3.05, 3.63) is 34.8 Å². The fourth-order valence-electron chi connectivity index (χ4n) is 2.39. The van der Waals surface area contributed by atoms with Gasteiger partial charge in [0.05, 0.1) is 12.8 Å². The van der Waals surface area contributed by atoms with Gasteiger partial charge in [-0.1, -0.05) is 6.92 Å². The number of methoxy groups -OCH3 is 1. The molecule has 0 aliphatic rings. The number of aromatic nitrogens is 1. The van der Waals surface area contributed by atoms with Crippen LogP contribution in [0.3, 0.4) is 0 Å². The van der Waals surface area contributed by atoms with Crippen molar-refractivity contribution < 1.29 is 23.9 Å². The van der Waals surface area contributed by atoms with Gasteiger partial charge in [-0.05, 0) is 44.5 Å². The van der Waals surface area contributed by atoms with Crippen LogP contribution in [0.5, 0.6) is 5.75 Å². The molecule has 156 valence electrons. The zero-order valence-electron chi connectivity index (χ0n) is 16.9. The van der Waals surface area contributed by atoms with Crippen LogP contribution in [0.4, 0.5) is 0 Å². The molecule has 0 fully saturated rings. The molecule has 0 saturated carbocycles. The molecule has 8 nitrogen and oxygen atoms in total. The molecule has 0 unspecified atom stereocenters. The number of rotatable bonds is 9. The molecule has 1 heterocycles.